The van der Waals surface area contributed by atoms with Gasteiger partial charge in [-0.1, -0.05) is 6.92 Å². The monoisotopic (exact) mass is 297 g/mol. The van der Waals surface area contributed by atoms with Gasteiger partial charge in [0.05, 0.1) is 11.1 Å². The fourth-order valence-electron chi connectivity index (χ4n) is 1.89. The highest BCUT2D eigenvalue weighted by molar-refractivity contribution is 8.01. The maximum Gasteiger partial charge on any atom is 0.322 e. The molecule has 1 saturated heterocycles. The maximum absolute atomic E-state index is 12.2. The van der Waals surface area contributed by atoms with Crippen molar-refractivity contribution in [1.29, 1.82) is 0 Å². The number of hydrogen-bond donors (Lipinski definition) is 1. The Labute approximate surface area is 112 Å². The lowest BCUT2D eigenvalue weighted by Gasteiger charge is -2.25. The fourth-order valence-corrected chi connectivity index (χ4v) is 5.55. The van der Waals surface area contributed by atoms with Crippen LogP contribution in [-0.2, 0) is 19.6 Å². The summed E-state index contributed by atoms with van der Waals surface area (Å²) >= 11 is 1.39. The van der Waals surface area contributed by atoms with Gasteiger partial charge >= 0.3 is 5.97 Å². The molecule has 1 N–H and O–H groups in total. The lowest BCUT2D eigenvalue weighted by molar-refractivity contribution is -0.140. The van der Waals surface area contributed by atoms with E-state index in [0.717, 1.165) is 4.31 Å². The summed E-state index contributed by atoms with van der Waals surface area (Å²) in [6.07, 6.45) is 0.987. The molecule has 0 saturated carbocycles. The Morgan fingerprint density at radius 1 is 1.56 bits per heavy atom. The zero-order chi connectivity index (χ0) is 13.8. The largest absolute Gasteiger partial charge is 0.480 e. The lowest BCUT2D eigenvalue weighted by atomic mass is 10.3. The first-order valence-corrected chi connectivity index (χ1v) is 8.44. The van der Waals surface area contributed by atoms with Crippen molar-refractivity contribution in [1.82, 2.24) is 4.31 Å². The predicted molar refractivity (Wildman–Crippen MR) is 70.1 cm³/mol. The molecule has 0 radical (unpaired) electrons. The van der Waals surface area contributed by atoms with Crippen LogP contribution in [0.3, 0.4) is 0 Å². The van der Waals surface area contributed by atoms with Crippen molar-refractivity contribution in [2.45, 2.75) is 31.2 Å². The van der Waals surface area contributed by atoms with Crippen LogP contribution in [0.15, 0.2) is 0 Å². The van der Waals surface area contributed by atoms with E-state index in [1.807, 2.05) is 6.92 Å². The third-order valence-electron chi connectivity index (χ3n) is 2.74. The molecule has 1 heterocycles. The fraction of sp³-hybridized carbons (Fsp3) is 0.900. The third kappa shape index (κ3) is 3.59. The van der Waals surface area contributed by atoms with Gasteiger partial charge in [-0.25, -0.2) is 8.42 Å². The van der Waals surface area contributed by atoms with Crippen LogP contribution in [0, 0.1) is 0 Å². The summed E-state index contributed by atoms with van der Waals surface area (Å²) < 4.78 is 30.4. The van der Waals surface area contributed by atoms with Crippen LogP contribution in [0.4, 0.5) is 0 Å². The summed E-state index contributed by atoms with van der Waals surface area (Å²) in [5, 5.41) is 8.82. The highest BCUT2D eigenvalue weighted by Gasteiger charge is 2.44. The molecular weight excluding hydrogens is 278 g/mol. The van der Waals surface area contributed by atoms with E-state index in [0.29, 0.717) is 25.2 Å². The molecule has 0 aromatic carbocycles. The van der Waals surface area contributed by atoms with E-state index in [2.05, 4.69) is 0 Å². The van der Waals surface area contributed by atoms with Gasteiger partial charge in [-0.05, 0) is 12.8 Å². The van der Waals surface area contributed by atoms with Gasteiger partial charge in [-0.3, -0.25) is 4.79 Å². The van der Waals surface area contributed by atoms with Crippen molar-refractivity contribution in [3.8, 4) is 0 Å². The second kappa shape index (κ2) is 6.74. The molecule has 2 unspecified atom stereocenters. The first kappa shape index (κ1) is 15.7. The third-order valence-corrected chi connectivity index (χ3v) is 6.29. The number of aliphatic carboxylic acids is 1. The van der Waals surface area contributed by atoms with Crippen LogP contribution in [-0.4, -0.2) is 60.4 Å². The molecule has 106 valence electrons. The summed E-state index contributed by atoms with van der Waals surface area (Å²) in [5.41, 5.74) is 0. The second-order valence-electron chi connectivity index (χ2n) is 4.04. The number of sulfonamides is 1. The minimum absolute atomic E-state index is 0.0678. The van der Waals surface area contributed by atoms with Crippen molar-refractivity contribution in [3.63, 3.8) is 0 Å². The van der Waals surface area contributed by atoms with E-state index >= 15 is 0 Å². The summed E-state index contributed by atoms with van der Waals surface area (Å²) in [6.45, 7) is 2.22. The zero-order valence-electron chi connectivity index (χ0n) is 10.5. The predicted octanol–water partition coefficient (Wildman–Crippen LogP) is 0.591. The van der Waals surface area contributed by atoms with Crippen LogP contribution >= 0.6 is 11.8 Å². The SMILES string of the molecule is CCC1SCC(C(=O)O)N1S(=O)(=O)CCCOC. The van der Waals surface area contributed by atoms with Crippen molar-refractivity contribution < 1.29 is 23.1 Å². The number of rotatable bonds is 7. The van der Waals surface area contributed by atoms with Gasteiger partial charge in [0.15, 0.2) is 0 Å². The molecule has 0 bridgehead atoms. The Bertz CT molecular complexity index is 384. The number of hydrogen-bond acceptors (Lipinski definition) is 5. The Morgan fingerprint density at radius 3 is 2.72 bits per heavy atom. The molecule has 1 aliphatic heterocycles. The van der Waals surface area contributed by atoms with E-state index in [9.17, 15) is 13.2 Å². The summed E-state index contributed by atoms with van der Waals surface area (Å²) in [4.78, 5) is 11.1. The number of ether oxygens (including phenoxy) is 1. The first-order chi connectivity index (χ1) is 8.44. The van der Waals surface area contributed by atoms with Crippen molar-refractivity contribution in [2.24, 2.45) is 0 Å². The number of nitrogens with zero attached hydrogens (tertiary/aromatic N) is 1. The van der Waals surface area contributed by atoms with Crippen LogP contribution < -0.4 is 0 Å². The van der Waals surface area contributed by atoms with Crippen LogP contribution in [0.2, 0.25) is 0 Å². The molecule has 0 aliphatic carbocycles. The normalized spacial score (nSPS) is 25.4. The van der Waals surface area contributed by atoms with Gasteiger partial charge in [-0.15, -0.1) is 11.8 Å². The smallest absolute Gasteiger partial charge is 0.322 e. The van der Waals surface area contributed by atoms with E-state index < -0.39 is 22.0 Å². The van der Waals surface area contributed by atoms with E-state index in [-0.39, 0.29) is 11.1 Å². The Morgan fingerprint density at radius 2 is 2.22 bits per heavy atom. The van der Waals surface area contributed by atoms with Crippen molar-refractivity contribution in [3.05, 3.63) is 0 Å². The van der Waals surface area contributed by atoms with Gasteiger partial charge in [0.1, 0.15) is 6.04 Å². The molecule has 1 aliphatic rings. The number of carbonyl (C=O) groups is 1. The van der Waals surface area contributed by atoms with Crippen LogP contribution in [0.1, 0.15) is 19.8 Å². The zero-order valence-corrected chi connectivity index (χ0v) is 12.2. The van der Waals surface area contributed by atoms with Gasteiger partial charge in [0.2, 0.25) is 10.0 Å². The number of methoxy groups -OCH3 is 1. The van der Waals surface area contributed by atoms with Crippen LogP contribution in [0.5, 0.6) is 0 Å². The summed E-state index contributed by atoms with van der Waals surface area (Å²) in [7, 11) is -2.03. The molecule has 0 aromatic rings. The molecule has 0 amide bonds. The minimum Gasteiger partial charge on any atom is -0.480 e. The molecule has 0 spiro atoms. The lowest BCUT2D eigenvalue weighted by Crippen LogP contribution is -2.46. The molecular formula is C10H19NO5S2. The first-order valence-electron chi connectivity index (χ1n) is 5.78. The Balaban J connectivity index is 2.83. The van der Waals surface area contributed by atoms with Gasteiger partial charge in [0.25, 0.3) is 0 Å². The Hall–Kier alpha value is -0.310. The standard InChI is InChI=1S/C10H19NO5S2/c1-3-9-11(8(7-17-9)10(12)13)18(14,15)6-4-5-16-2/h8-9H,3-7H2,1-2H3,(H,12,13). The molecule has 1 rings (SSSR count). The summed E-state index contributed by atoms with van der Waals surface area (Å²) in [6, 6.07) is -0.938. The topological polar surface area (TPSA) is 83.9 Å². The van der Waals surface area contributed by atoms with E-state index in [1.54, 1.807) is 0 Å². The Kier molecular flexibility index (Phi) is 5.90. The van der Waals surface area contributed by atoms with Crippen molar-refractivity contribution in [2.75, 3.05) is 25.2 Å². The van der Waals surface area contributed by atoms with Crippen molar-refractivity contribution >= 4 is 27.8 Å². The highest BCUT2D eigenvalue weighted by atomic mass is 32.2. The minimum atomic E-state index is -3.54. The number of carboxylic acid groups (broad SMARTS) is 1. The average Bonchev–Trinajstić information content (AvgIpc) is 2.73. The molecule has 1 fully saturated rings. The molecule has 18 heavy (non-hydrogen) atoms. The molecule has 6 nitrogen and oxygen atoms in total. The average molecular weight is 297 g/mol. The molecule has 2 atom stereocenters. The van der Waals surface area contributed by atoms with Gasteiger partial charge < -0.3 is 9.84 Å². The van der Waals surface area contributed by atoms with E-state index in [4.69, 9.17) is 9.84 Å². The molecule has 8 heteroatoms. The summed E-state index contributed by atoms with van der Waals surface area (Å²) in [5.74, 6) is -0.826. The van der Waals surface area contributed by atoms with E-state index in [1.165, 1.54) is 18.9 Å². The second-order valence-corrected chi connectivity index (χ2v) is 7.25. The highest BCUT2D eigenvalue weighted by Crippen LogP contribution is 2.34. The number of carboxylic acids is 1. The number of thioether (sulfide) groups is 1. The van der Waals surface area contributed by atoms with Crippen LogP contribution in [0.25, 0.3) is 0 Å². The quantitative estimate of drug-likeness (QED) is 0.692. The van der Waals surface area contributed by atoms with Gasteiger partial charge in [-0.2, -0.15) is 4.31 Å². The maximum atomic E-state index is 12.2. The molecule has 0 aromatic heterocycles. The van der Waals surface area contributed by atoms with Gasteiger partial charge in [0, 0.05) is 19.5 Å².